The van der Waals surface area contributed by atoms with Crippen LogP contribution in [0.15, 0.2) is 28.7 Å². The summed E-state index contributed by atoms with van der Waals surface area (Å²) in [5, 5.41) is 9.64. The number of nitrogens with zero attached hydrogens (tertiary/aromatic N) is 1. The quantitative estimate of drug-likeness (QED) is 0.920. The molecule has 0 fully saturated rings. The average Bonchev–Trinajstić information content (AvgIpc) is 2.29. The van der Waals surface area contributed by atoms with Gasteiger partial charge in [0.2, 0.25) is 0 Å². The van der Waals surface area contributed by atoms with Crippen LogP contribution in [-0.2, 0) is 0 Å². The zero-order chi connectivity index (χ0) is 11.7. The van der Waals surface area contributed by atoms with Crippen LogP contribution in [0.3, 0.4) is 0 Å². The van der Waals surface area contributed by atoms with E-state index >= 15 is 0 Å². The lowest BCUT2D eigenvalue weighted by Gasteiger charge is -2.06. The van der Waals surface area contributed by atoms with Gasteiger partial charge in [-0.2, -0.15) is 0 Å². The highest BCUT2D eigenvalue weighted by Crippen LogP contribution is 2.32. The topological polar surface area (TPSA) is 59.4 Å². The first-order valence-electron chi connectivity index (χ1n) is 4.50. The Balaban J connectivity index is 2.69. The number of hydrogen-bond acceptors (Lipinski definition) is 3. The van der Waals surface area contributed by atoms with Gasteiger partial charge in [-0.1, -0.05) is 0 Å². The second kappa shape index (κ2) is 4.09. The number of aromatic nitrogens is 1. The van der Waals surface area contributed by atoms with Crippen molar-refractivity contribution in [3.8, 4) is 5.75 Å². The SMILES string of the molecule is COc1ccc2nc(C(=O)O)ccc2c1Br. The highest BCUT2D eigenvalue weighted by atomic mass is 79.9. The Hall–Kier alpha value is -1.62. The van der Waals surface area contributed by atoms with Gasteiger partial charge in [-0.3, -0.25) is 0 Å². The molecule has 0 aliphatic heterocycles. The summed E-state index contributed by atoms with van der Waals surface area (Å²) < 4.78 is 5.91. The summed E-state index contributed by atoms with van der Waals surface area (Å²) in [5.41, 5.74) is 0.650. The highest BCUT2D eigenvalue weighted by Gasteiger charge is 2.09. The number of aromatic carboxylic acids is 1. The lowest BCUT2D eigenvalue weighted by atomic mass is 10.2. The molecule has 0 spiro atoms. The Morgan fingerprint density at radius 3 is 2.75 bits per heavy atom. The van der Waals surface area contributed by atoms with Gasteiger partial charge in [-0.05, 0) is 40.2 Å². The first kappa shape index (κ1) is 10.9. The third-order valence-electron chi connectivity index (χ3n) is 2.21. The number of hydrogen-bond donors (Lipinski definition) is 1. The van der Waals surface area contributed by atoms with Crippen molar-refractivity contribution in [3.05, 3.63) is 34.4 Å². The van der Waals surface area contributed by atoms with Crippen molar-refractivity contribution < 1.29 is 14.6 Å². The van der Waals surface area contributed by atoms with Gasteiger partial charge in [0.15, 0.2) is 0 Å². The molecule has 0 atom stereocenters. The molecule has 1 N–H and O–H groups in total. The standard InChI is InChI=1S/C11H8BrNO3/c1-16-9-5-4-7-6(10(9)12)2-3-8(13-7)11(14)15/h2-5H,1H3,(H,14,15). The number of pyridine rings is 1. The Morgan fingerprint density at radius 1 is 1.38 bits per heavy atom. The minimum atomic E-state index is -1.03. The molecule has 1 aromatic heterocycles. The number of carboxylic acid groups (broad SMARTS) is 1. The molecule has 0 amide bonds. The molecule has 2 aromatic rings. The summed E-state index contributed by atoms with van der Waals surface area (Å²) in [6.07, 6.45) is 0. The first-order valence-corrected chi connectivity index (χ1v) is 5.29. The van der Waals surface area contributed by atoms with Gasteiger partial charge in [-0.25, -0.2) is 9.78 Å². The number of ether oxygens (including phenoxy) is 1. The van der Waals surface area contributed by atoms with Crippen molar-refractivity contribution in [1.29, 1.82) is 0 Å². The molecule has 0 aliphatic carbocycles. The van der Waals surface area contributed by atoms with Crippen LogP contribution in [0.2, 0.25) is 0 Å². The lowest BCUT2D eigenvalue weighted by molar-refractivity contribution is 0.0691. The molecule has 0 radical (unpaired) electrons. The average molecular weight is 282 g/mol. The zero-order valence-electron chi connectivity index (χ0n) is 8.40. The number of methoxy groups -OCH3 is 1. The van der Waals surface area contributed by atoms with Crippen molar-refractivity contribution in [2.45, 2.75) is 0 Å². The Kier molecular flexibility index (Phi) is 2.78. The van der Waals surface area contributed by atoms with Crippen molar-refractivity contribution in [1.82, 2.24) is 4.98 Å². The fourth-order valence-electron chi connectivity index (χ4n) is 1.42. The van der Waals surface area contributed by atoms with Crippen LogP contribution in [0, 0.1) is 0 Å². The van der Waals surface area contributed by atoms with E-state index in [1.165, 1.54) is 6.07 Å². The molecule has 2 rings (SSSR count). The van der Waals surface area contributed by atoms with E-state index in [-0.39, 0.29) is 5.69 Å². The second-order valence-corrected chi connectivity index (χ2v) is 3.94. The minimum Gasteiger partial charge on any atom is -0.496 e. The Labute approximate surface area is 100.0 Å². The number of carbonyl (C=O) groups is 1. The zero-order valence-corrected chi connectivity index (χ0v) is 9.98. The number of carboxylic acids is 1. The molecular formula is C11H8BrNO3. The van der Waals surface area contributed by atoms with Crippen molar-refractivity contribution in [2.24, 2.45) is 0 Å². The molecule has 82 valence electrons. The van der Waals surface area contributed by atoms with Gasteiger partial charge in [0.05, 0.1) is 17.1 Å². The van der Waals surface area contributed by atoms with Crippen LogP contribution in [0.1, 0.15) is 10.5 Å². The van der Waals surface area contributed by atoms with Crippen molar-refractivity contribution in [3.63, 3.8) is 0 Å². The maximum absolute atomic E-state index is 10.8. The number of rotatable bonds is 2. The van der Waals surface area contributed by atoms with Gasteiger partial charge >= 0.3 is 5.97 Å². The highest BCUT2D eigenvalue weighted by molar-refractivity contribution is 9.10. The van der Waals surface area contributed by atoms with Gasteiger partial charge in [0.25, 0.3) is 0 Å². The van der Waals surface area contributed by atoms with Gasteiger partial charge in [0, 0.05) is 5.39 Å². The van der Waals surface area contributed by atoms with Gasteiger partial charge in [0.1, 0.15) is 11.4 Å². The van der Waals surface area contributed by atoms with Gasteiger partial charge in [-0.15, -0.1) is 0 Å². The van der Waals surface area contributed by atoms with Crippen LogP contribution >= 0.6 is 15.9 Å². The van der Waals surface area contributed by atoms with E-state index in [4.69, 9.17) is 9.84 Å². The van der Waals surface area contributed by atoms with Crippen LogP contribution in [-0.4, -0.2) is 23.2 Å². The normalized spacial score (nSPS) is 10.4. The summed E-state index contributed by atoms with van der Waals surface area (Å²) in [6.45, 7) is 0. The minimum absolute atomic E-state index is 0.0320. The fraction of sp³-hybridized carbons (Fsp3) is 0.0909. The second-order valence-electron chi connectivity index (χ2n) is 3.15. The molecule has 16 heavy (non-hydrogen) atoms. The van der Waals surface area contributed by atoms with Crippen molar-refractivity contribution in [2.75, 3.05) is 7.11 Å². The van der Waals surface area contributed by atoms with E-state index in [9.17, 15) is 4.79 Å². The molecule has 0 aliphatic rings. The molecular weight excluding hydrogens is 274 g/mol. The molecule has 1 aromatic carbocycles. The largest absolute Gasteiger partial charge is 0.496 e. The van der Waals surface area contributed by atoms with Crippen LogP contribution < -0.4 is 4.74 Å². The number of benzene rings is 1. The van der Waals surface area contributed by atoms with Crippen LogP contribution in [0.4, 0.5) is 0 Å². The molecule has 0 saturated carbocycles. The molecule has 0 unspecified atom stereocenters. The summed E-state index contributed by atoms with van der Waals surface area (Å²) in [6, 6.07) is 6.64. The Morgan fingerprint density at radius 2 is 2.12 bits per heavy atom. The predicted octanol–water partition coefficient (Wildman–Crippen LogP) is 2.70. The third-order valence-corrected chi connectivity index (χ3v) is 3.03. The smallest absolute Gasteiger partial charge is 0.354 e. The summed E-state index contributed by atoms with van der Waals surface area (Å²) in [7, 11) is 1.57. The molecule has 0 saturated heterocycles. The summed E-state index contributed by atoms with van der Waals surface area (Å²) >= 11 is 3.39. The van der Waals surface area contributed by atoms with E-state index in [0.29, 0.717) is 11.3 Å². The lowest BCUT2D eigenvalue weighted by Crippen LogP contribution is -2.00. The number of fused-ring (bicyclic) bond motifs is 1. The monoisotopic (exact) mass is 281 g/mol. The Bertz CT molecular complexity index is 568. The summed E-state index contributed by atoms with van der Waals surface area (Å²) in [5.74, 6) is -0.341. The van der Waals surface area contributed by atoms with E-state index in [1.54, 1.807) is 25.3 Å². The fourth-order valence-corrected chi connectivity index (χ4v) is 2.05. The van der Waals surface area contributed by atoms with E-state index < -0.39 is 5.97 Å². The third kappa shape index (κ3) is 1.74. The van der Waals surface area contributed by atoms with E-state index in [0.717, 1.165) is 9.86 Å². The maximum atomic E-state index is 10.8. The first-order chi connectivity index (χ1) is 7.63. The maximum Gasteiger partial charge on any atom is 0.354 e. The number of halogens is 1. The van der Waals surface area contributed by atoms with E-state index in [2.05, 4.69) is 20.9 Å². The molecule has 5 heteroatoms. The van der Waals surface area contributed by atoms with Crippen molar-refractivity contribution >= 4 is 32.8 Å². The van der Waals surface area contributed by atoms with Crippen LogP contribution in [0.5, 0.6) is 5.75 Å². The molecule has 1 heterocycles. The van der Waals surface area contributed by atoms with E-state index in [1.807, 2.05) is 0 Å². The van der Waals surface area contributed by atoms with Crippen LogP contribution in [0.25, 0.3) is 10.9 Å². The summed E-state index contributed by atoms with van der Waals surface area (Å²) in [4.78, 5) is 14.8. The van der Waals surface area contributed by atoms with Gasteiger partial charge < -0.3 is 9.84 Å². The molecule has 0 bridgehead atoms. The predicted molar refractivity (Wildman–Crippen MR) is 63.0 cm³/mol. The molecule has 4 nitrogen and oxygen atoms in total.